The quantitative estimate of drug-likeness (QED) is 0.728. The molecule has 3 aromatic rings. The van der Waals surface area contributed by atoms with Crippen LogP contribution in [0.4, 0.5) is 0 Å². The Balaban J connectivity index is 1.64. The molecule has 4 rings (SSSR count). The maximum absolute atomic E-state index is 10.5. The molecule has 2 aromatic carbocycles. The van der Waals surface area contributed by atoms with Crippen LogP contribution in [0.2, 0.25) is 5.02 Å². The number of aromatic hydroxyl groups is 1. The van der Waals surface area contributed by atoms with Crippen LogP contribution in [0.3, 0.4) is 0 Å². The summed E-state index contributed by atoms with van der Waals surface area (Å²) in [5, 5.41) is 11.2. The summed E-state index contributed by atoms with van der Waals surface area (Å²) in [6, 6.07) is 11.5. The van der Waals surface area contributed by atoms with E-state index in [1.54, 1.807) is 6.07 Å². The summed E-state index contributed by atoms with van der Waals surface area (Å²) >= 11 is 6.13. The van der Waals surface area contributed by atoms with Crippen molar-refractivity contribution in [3.8, 4) is 22.6 Å². The Morgan fingerprint density at radius 3 is 2.93 bits per heavy atom. The van der Waals surface area contributed by atoms with Crippen LogP contribution in [-0.2, 0) is 19.6 Å². The Labute approximate surface area is 163 Å². The number of phenols is 1. The number of nitrogens with zero attached hydrogens (tertiary/aromatic N) is 3. The van der Waals surface area contributed by atoms with E-state index < -0.39 is 0 Å². The molecule has 0 amide bonds. The topological polar surface area (TPSA) is 50.5 Å². The highest BCUT2D eigenvalue weighted by Gasteiger charge is 2.21. The first-order chi connectivity index (χ1) is 13.1. The molecule has 0 unspecified atom stereocenters. The molecule has 0 radical (unpaired) electrons. The summed E-state index contributed by atoms with van der Waals surface area (Å²) in [6.45, 7) is 5.75. The smallest absolute Gasteiger partial charge is 0.165 e. The summed E-state index contributed by atoms with van der Waals surface area (Å²) in [4.78, 5) is 6.77. The number of ether oxygens (including phenoxy) is 1. The molecule has 0 bridgehead atoms. The minimum absolute atomic E-state index is 0.166. The fraction of sp³-hybridized carbons (Fsp3) is 0.286. The molecular formula is C21H22ClN3O2. The maximum atomic E-state index is 10.5. The molecule has 1 N–H and O–H groups in total. The molecule has 27 heavy (non-hydrogen) atoms. The molecule has 6 heteroatoms. The van der Waals surface area contributed by atoms with Gasteiger partial charge in [0.05, 0.1) is 6.54 Å². The Morgan fingerprint density at radius 2 is 2.11 bits per heavy atom. The van der Waals surface area contributed by atoms with Gasteiger partial charge in [0.2, 0.25) is 0 Å². The third-order valence-corrected chi connectivity index (χ3v) is 5.09. The van der Waals surface area contributed by atoms with Crippen molar-refractivity contribution in [3.63, 3.8) is 0 Å². The van der Waals surface area contributed by atoms with Gasteiger partial charge >= 0.3 is 0 Å². The standard InChI is InChI=1S/C21H22ClN3O2/c1-2-25-7-6-23-20(25)14-24-8-9-27-21-17(13-24)10-16(12-19(21)26)15-4-3-5-18(22)11-15/h3-7,10-12,26H,2,8-9,13-14H2,1H3. The van der Waals surface area contributed by atoms with Gasteiger partial charge in [-0.2, -0.15) is 0 Å². The number of benzene rings is 2. The van der Waals surface area contributed by atoms with Crippen LogP contribution in [0.5, 0.6) is 11.5 Å². The van der Waals surface area contributed by atoms with Crippen LogP contribution in [0, 0.1) is 0 Å². The van der Waals surface area contributed by atoms with Crippen molar-refractivity contribution < 1.29 is 9.84 Å². The van der Waals surface area contributed by atoms with Gasteiger partial charge in [0.15, 0.2) is 11.5 Å². The lowest BCUT2D eigenvalue weighted by Crippen LogP contribution is -2.26. The van der Waals surface area contributed by atoms with Gasteiger partial charge in [0.25, 0.3) is 0 Å². The number of aryl methyl sites for hydroxylation is 1. The first-order valence-electron chi connectivity index (χ1n) is 9.11. The summed E-state index contributed by atoms with van der Waals surface area (Å²) in [6.07, 6.45) is 3.84. The van der Waals surface area contributed by atoms with E-state index in [0.717, 1.165) is 42.1 Å². The molecule has 1 aromatic heterocycles. The zero-order chi connectivity index (χ0) is 18.8. The molecule has 0 saturated heterocycles. The minimum Gasteiger partial charge on any atom is -0.504 e. The van der Waals surface area contributed by atoms with Gasteiger partial charge in [0.1, 0.15) is 12.4 Å². The molecule has 2 heterocycles. The third-order valence-electron chi connectivity index (χ3n) is 4.86. The largest absolute Gasteiger partial charge is 0.504 e. The molecule has 1 aliphatic heterocycles. The highest BCUT2D eigenvalue weighted by Crippen LogP contribution is 2.38. The van der Waals surface area contributed by atoms with E-state index in [9.17, 15) is 5.11 Å². The lowest BCUT2D eigenvalue weighted by atomic mass is 10.0. The second-order valence-corrected chi connectivity index (χ2v) is 7.12. The van der Waals surface area contributed by atoms with Crippen molar-refractivity contribution in [1.29, 1.82) is 0 Å². The maximum Gasteiger partial charge on any atom is 0.165 e. The molecule has 0 fully saturated rings. The van der Waals surface area contributed by atoms with E-state index in [0.29, 0.717) is 23.9 Å². The predicted octanol–water partition coefficient (Wildman–Crippen LogP) is 4.32. The van der Waals surface area contributed by atoms with E-state index in [1.807, 2.05) is 36.7 Å². The summed E-state index contributed by atoms with van der Waals surface area (Å²) in [7, 11) is 0. The van der Waals surface area contributed by atoms with Crippen LogP contribution < -0.4 is 4.74 Å². The van der Waals surface area contributed by atoms with Gasteiger partial charge in [-0.05, 0) is 42.3 Å². The highest BCUT2D eigenvalue weighted by atomic mass is 35.5. The minimum atomic E-state index is 0.166. The molecule has 0 saturated carbocycles. The number of rotatable bonds is 4. The van der Waals surface area contributed by atoms with Crippen LogP contribution in [0.1, 0.15) is 18.3 Å². The number of hydrogen-bond donors (Lipinski definition) is 1. The zero-order valence-electron chi connectivity index (χ0n) is 15.2. The first-order valence-corrected chi connectivity index (χ1v) is 9.49. The Bertz CT molecular complexity index is 954. The van der Waals surface area contributed by atoms with Crippen LogP contribution in [-0.4, -0.2) is 32.7 Å². The highest BCUT2D eigenvalue weighted by molar-refractivity contribution is 6.30. The third kappa shape index (κ3) is 3.80. The number of phenolic OH excluding ortho intramolecular Hbond substituents is 1. The number of aromatic nitrogens is 2. The summed E-state index contributed by atoms with van der Waals surface area (Å²) in [5.74, 6) is 1.78. The number of hydrogen-bond acceptors (Lipinski definition) is 4. The van der Waals surface area contributed by atoms with Crippen LogP contribution in [0.15, 0.2) is 48.8 Å². The lowest BCUT2D eigenvalue weighted by molar-refractivity contribution is 0.211. The molecule has 0 aliphatic carbocycles. The number of imidazole rings is 1. The Hall–Kier alpha value is -2.50. The first kappa shape index (κ1) is 17.9. The normalized spacial score (nSPS) is 14.4. The van der Waals surface area contributed by atoms with Gasteiger partial charge < -0.3 is 14.4 Å². The lowest BCUT2D eigenvalue weighted by Gasteiger charge is -2.19. The van der Waals surface area contributed by atoms with Crippen molar-refractivity contribution >= 4 is 11.6 Å². The molecule has 0 spiro atoms. The summed E-state index contributed by atoms with van der Waals surface area (Å²) < 4.78 is 8.00. The van der Waals surface area contributed by atoms with Gasteiger partial charge in [-0.1, -0.05) is 23.7 Å². The van der Waals surface area contributed by atoms with Crippen molar-refractivity contribution in [3.05, 3.63) is 65.2 Å². The number of halogens is 1. The van der Waals surface area contributed by atoms with Gasteiger partial charge in [-0.3, -0.25) is 4.90 Å². The second-order valence-electron chi connectivity index (χ2n) is 6.68. The second kappa shape index (κ2) is 7.62. The fourth-order valence-corrected chi connectivity index (χ4v) is 3.69. The molecule has 1 aliphatic rings. The summed E-state index contributed by atoms with van der Waals surface area (Å²) in [5.41, 5.74) is 2.87. The van der Waals surface area contributed by atoms with Crippen molar-refractivity contribution in [1.82, 2.24) is 14.5 Å². The van der Waals surface area contributed by atoms with E-state index in [-0.39, 0.29) is 5.75 Å². The average molecular weight is 384 g/mol. The zero-order valence-corrected chi connectivity index (χ0v) is 16.0. The monoisotopic (exact) mass is 383 g/mol. The van der Waals surface area contributed by atoms with E-state index >= 15 is 0 Å². The SMILES string of the molecule is CCn1ccnc1CN1CCOc2c(O)cc(-c3cccc(Cl)c3)cc2C1. The number of fused-ring (bicyclic) bond motifs is 1. The Kier molecular flexibility index (Phi) is 5.05. The van der Waals surface area contributed by atoms with E-state index in [4.69, 9.17) is 16.3 Å². The molecule has 0 atom stereocenters. The van der Waals surface area contributed by atoms with Gasteiger partial charge in [0, 0.05) is 42.6 Å². The van der Waals surface area contributed by atoms with Crippen molar-refractivity contribution in [2.75, 3.05) is 13.2 Å². The van der Waals surface area contributed by atoms with Crippen molar-refractivity contribution in [2.45, 2.75) is 26.6 Å². The van der Waals surface area contributed by atoms with E-state index in [1.165, 1.54) is 0 Å². The van der Waals surface area contributed by atoms with Gasteiger partial charge in [-0.25, -0.2) is 4.98 Å². The Morgan fingerprint density at radius 1 is 1.22 bits per heavy atom. The van der Waals surface area contributed by atoms with Crippen LogP contribution >= 0.6 is 11.6 Å². The molecular weight excluding hydrogens is 362 g/mol. The predicted molar refractivity (Wildman–Crippen MR) is 106 cm³/mol. The fourth-order valence-electron chi connectivity index (χ4n) is 3.50. The molecule has 5 nitrogen and oxygen atoms in total. The molecule has 140 valence electrons. The van der Waals surface area contributed by atoms with E-state index in [2.05, 4.69) is 27.4 Å². The van der Waals surface area contributed by atoms with Crippen LogP contribution in [0.25, 0.3) is 11.1 Å². The van der Waals surface area contributed by atoms with Gasteiger partial charge in [-0.15, -0.1) is 0 Å². The average Bonchev–Trinajstić information content (AvgIpc) is 2.99. The van der Waals surface area contributed by atoms with Crippen molar-refractivity contribution in [2.24, 2.45) is 0 Å².